The first-order valence-electron chi connectivity index (χ1n) is 8.06. The number of aromatic nitrogens is 1. The Morgan fingerprint density at radius 2 is 1.83 bits per heavy atom. The number of carbonyl (C=O) groups is 1. The van der Waals surface area contributed by atoms with Crippen LogP contribution in [0.4, 0.5) is 5.69 Å². The molecule has 1 aliphatic rings. The molecule has 4 nitrogen and oxygen atoms in total. The molecule has 0 unspecified atom stereocenters. The van der Waals surface area contributed by atoms with Gasteiger partial charge in [0.25, 0.3) is 5.91 Å². The molecule has 0 saturated heterocycles. The number of para-hydroxylation sites is 1. The van der Waals surface area contributed by atoms with E-state index in [1.807, 2.05) is 48.5 Å². The third-order valence-electron chi connectivity index (χ3n) is 4.45. The molecule has 0 atom stereocenters. The second-order valence-electron chi connectivity index (χ2n) is 5.99. The third kappa shape index (κ3) is 2.68. The van der Waals surface area contributed by atoms with Crippen LogP contribution in [0.15, 0.2) is 48.5 Å². The van der Waals surface area contributed by atoms with Gasteiger partial charge in [0.2, 0.25) is 0 Å². The maximum Gasteiger partial charge on any atom is 0.269 e. The minimum atomic E-state index is -0.124. The topological polar surface area (TPSA) is 56.9 Å². The van der Waals surface area contributed by atoms with Crippen molar-refractivity contribution in [1.82, 2.24) is 10.4 Å². The second kappa shape index (κ2) is 5.80. The monoisotopic (exact) mass is 305 g/mol. The highest BCUT2D eigenvalue weighted by Crippen LogP contribution is 2.29. The predicted octanol–water partition coefficient (Wildman–Crippen LogP) is 3.80. The highest BCUT2D eigenvalue weighted by atomic mass is 16.2. The van der Waals surface area contributed by atoms with Crippen molar-refractivity contribution in [2.75, 3.05) is 5.43 Å². The Bertz CT molecular complexity index is 852. The fraction of sp³-hybridized carbons (Fsp3) is 0.211. The lowest BCUT2D eigenvalue weighted by Gasteiger charge is -2.11. The Morgan fingerprint density at radius 3 is 2.70 bits per heavy atom. The van der Waals surface area contributed by atoms with Crippen molar-refractivity contribution in [1.29, 1.82) is 0 Å². The summed E-state index contributed by atoms with van der Waals surface area (Å²) in [4.78, 5) is 15.9. The summed E-state index contributed by atoms with van der Waals surface area (Å²) in [5.41, 5.74) is 11.1. The van der Waals surface area contributed by atoms with Gasteiger partial charge in [0.05, 0.1) is 5.69 Å². The average Bonchev–Trinajstić information content (AvgIpc) is 2.98. The molecule has 1 heterocycles. The van der Waals surface area contributed by atoms with Crippen LogP contribution in [0, 0.1) is 0 Å². The van der Waals surface area contributed by atoms with Gasteiger partial charge >= 0.3 is 0 Å². The Hall–Kier alpha value is -2.75. The number of H-pyrrole nitrogens is 1. The number of hydrazine groups is 1. The highest BCUT2D eigenvalue weighted by Gasteiger charge is 2.16. The van der Waals surface area contributed by atoms with Gasteiger partial charge in [0.15, 0.2) is 0 Å². The van der Waals surface area contributed by atoms with Crippen LogP contribution in [0.3, 0.4) is 0 Å². The molecular formula is C19H19N3O. The maximum atomic E-state index is 12.4. The van der Waals surface area contributed by atoms with Crippen LogP contribution in [-0.2, 0) is 12.8 Å². The Morgan fingerprint density at radius 1 is 1.00 bits per heavy atom. The summed E-state index contributed by atoms with van der Waals surface area (Å²) in [6, 6.07) is 15.5. The van der Waals surface area contributed by atoms with Crippen LogP contribution in [0.25, 0.3) is 10.9 Å². The van der Waals surface area contributed by atoms with Crippen molar-refractivity contribution in [3.63, 3.8) is 0 Å². The standard InChI is InChI=1S/C19H19N3O/c23-19(22-21-14-6-2-1-3-7-14)13-10-11-18-16(12-13)15-8-4-5-9-17(15)20-18/h1-3,6-7,10-12,20-21H,4-5,8-9H2,(H,22,23). The Labute approximate surface area is 134 Å². The first kappa shape index (κ1) is 13.9. The minimum absolute atomic E-state index is 0.124. The lowest BCUT2D eigenvalue weighted by molar-refractivity contribution is 0.0963. The fourth-order valence-corrected chi connectivity index (χ4v) is 3.27. The van der Waals surface area contributed by atoms with Crippen LogP contribution >= 0.6 is 0 Å². The molecule has 3 N–H and O–H groups in total. The van der Waals surface area contributed by atoms with E-state index in [-0.39, 0.29) is 5.91 Å². The number of carbonyl (C=O) groups excluding carboxylic acids is 1. The molecule has 0 radical (unpaired) electrons. The zero-order chi connectivity index (χ0) is 15.6. The van der Waals surface area contributed by atoms with Crippen molar-refractivity contribution >= 4 is 22.5 Å². The number of rotatable bonds is 3. The summed E-state index contributed by atoms with van der Waals surface area (Å²) >= 11 is 0. The summed E-state index contributed by atoms with van der Waals surface area (Å²) in [6.07, 6.45) is 4.68. The van der Waals surface area contributed by atoms with Crippen molar-refractivity contribution in [3.05, 3.63) is 65.4 Å². The van der Waals surface area contributed by atoms with Gasteiger partial charge in [-0.1, -0.05) is 18.2 Å². The molecular weight excluding hydrogens is 286 g/mol. The molecule has 0 spiro atoms. The van der Waals surface area contributed by atoms with Crippen LogP contribution in [0.5, 0.6) is 0 Å². The summed E-state index contributed by atoms with van der Waals surface area (Å²) in [7, 11) is 0. The van der Waals surface area contributed by atoms with E-state index in [9.17, 15) is 4.79 Å². The maximum absolute atomic E-state index is 12.4. The predicted molar refractivity (Wildman–Crippen MR) is 92.5 cm³/mol. The van der Waals surface area contributed by atoms with E-state index >= 15 is 0 Å². The van der Waals surface area contributed by atoms with Gasteiger partial charge in [-0.15, -0.1) is 0 Å². The normalized spacial score (nSPS) is 13.6. The number of hydrogen-bond donors (Lipinski definition) is 3. The van der Waals surface area contributed by atoms with Crippen molar-refractivity contribution in [3.8, 4) is 0 Å². The quantitative estimate of drug-likeness (QED) is 0.645. The first-order valence-corrected chi connectivity index (χ1v) is 8.06. The van der Waals surface area contributed by atoms with Crippen molar-refractivity contribution in [2.45, 2.75) is 25.7 Å². The van der Waals surface area contributed by atoms with Gasteiger partial charge in [-0.05, 0) is 61.6 Å². The van der Waals surface area contributed by atoms with E-state index in [4.69, 9.17) is 0 Å². The molecule has 0 aliphatic heterocycles. The lowest BCUT2D eigenvalue weighted by Crippen LogP contribution is -2.29. The minimum Gasteiger partial charge on any atom is -0.358 e. The molecule has 23 heavy (non-hydrogen) atoms. The van der Waals surface area contributed by atoms with Gasteiger partial charge in [0.1, 0.15) is 0 Å². The molecule has 1 aliphatic carbocycles. The number of nitrogens with one attached hydrogen (secondary N) is 3. The molecule has 1 amide bonds. The van der Waals surface area contributed by atoms with E-state index in [2.05, 4.69) is 15.8 Å². The number of fused-ring (bicyclic) bond motifs is 3. The van der Waals surface area contributed by atoms with Crippen LogP contribution in [0.1, 0.15) is 34.5 Å². The lowest BCUT2D eigenvalue weighted by atomic mass is 9.95. The average molecular weight is 305 g/mol. The Balaban J connectivity index is 1.57. The first-order chi connectivity index (χ1) is 11.3. The molecule has 0 fully saturated rings. The van der Waals surface area contributed by atoms with Gasteiger partial charge < -0.3 is 4.98 Å². The number of benzene rings is 2. The summed E-state index contributed by atoms with van der Waals surface area (Å²) in [6.45, 7) is 0. The van der Waals surface area contributed by atoms with Crippen LogP contribution in [-0.4, -0.2) is 10.9 Å². The number of hydrogen-bond acceptors (Lipinski definition) is 2. The zero-order valence-electron chi connectivity index (χ0n) is 12.9. The molecule has 2 aromatic carbocycles. The number of aryl methyl sites for hydroxylation is 2. The molecule has 4 rings (SSSR count). The third-order valence-corrected chi connectivity index (χ3v) is 4.45. The molecule has 0 saturated carbocycles. The van der Waals surface area contributed by atoms with E-state index in [1.54, 1.807) is 0 Å². The molecule has 4 heteroatoms. The van der Waals surface area contributed by atoms with E-state index in [0.717, 1.165) is 24.0 Å². The summed E-state index contributed by atoms with van der Waals surface area (Å²) < 4.78 is 0. The molecule has 3 aromatic rings. The largest absolute Gasteiger partial charge is 0.358 e. The summed E-state index contributed by atoms with van der Waals surface area (Å²) in [5, 5.41) is 1.19. The Kier molecular flexibility index (Phi) is 3.50. The van der Waals surface area contributed by atoms with E-state index in [0.29, 0.717) is 5.56 Å². The van der Waals surface area contributed by atoms with Gasteiger partial charge in [0, 0.05) is 22.2 Å². The van der Waals surface area contributed by atoms with Crippen molar-refractivity contribution < 1.29 is 4.79 Å². The van der Waals surface area contributed by atoms with Crippen LogP contribution in [0.2, 0.25) is 0 Å². The number of anilines is 1. The second-order valence-corrected chi connectivity index (χ2v) is 5.99. The van der Waals surface area contributed by atoms with Gasteiger partial charge in [-0.3, -0.25) is 15.6 Å². The SMILES string of the molecule is O=C(NNc1ccccc1)c1ccc2[nH]c3c(c2c1)CCCC3. The number of amides is 1. The van der Waals surface area contributed by atoms with Crippen molar-refractivity contribution in [2.24, 2.45) is 0 Å². The molecule has 1 aromatic heterocycles. The van der Waals surface area contributed by atoms with E-state index < -0.39 is 0 Å². The molecule has 116 valence electrons. The van der Waals surface area contributed by atoms with Gasteiger partial charge in [-0.25, -0.2) is 0 Å². The molecule has 0 bridgehead atoms. The highest BCUT2D eigenvalue weighted by molar-refractivity contribution is 5.99. The van der Waals surface area contributed by atoms with Gasteiger partial charge in [-0.2, -0.15) is 0 Å². The van der Waals surface area contributed by atoms with E-state index in [1.165, 1.54) is 29.5 Å². The van der Waals surface area contributed by atoms with Crippen LogP contribution < -0.4 is 10.9 Å². The smallest absolute Gasteiger partial charge is 0.269 e. The zero-order valence-corrected chi connectivity index (χ0v) is 12.9. The fourth-order valence-electron chi connectivity index (χ4n) is 3.27. The number of aromatic amines is 1. The summed E-state index contributed by atoms with van der Waals surface area (Å²) in [5.74, 6) is -0.124.